The van der Waals surface area contributed by atoms with E-state index in [9.17, 15) is 9.90 Å². The van der Waals surface area contributed by atoms with Crippen LogP contribution in [-0.4, -0.2) is 30.0 Å². The minimum Gasteiger partial charge on any atom is -0.478 e. The molecular formula is C14H13ClN2O4. The monoisotopic (exact) mass is 308 g/mol. The Morgan fingerprint density at radius 3 is 2.81 bits per heavy atom. The number of benzene rings is 1. The standard InChI is InChI=1S/C14H13ClN2O4/c1-20-8-21-13-10(14(18)19)3-2-4-11(13)17-12-6-5-9(15)7-16-12/h2-7H,8H2,1H3,(H,16,17)(H,18,19). The van der Waals surface area contributed by atoms with Gasteiger partial charge in [0, 0.05) is 13.3 Å². The number of aromatic carboxylic acids is 1. The van der Waals surface area contributed by atoms with Gasteiger partial charge in [-0.25, -0.2) is 9.78 Å². The van der Waals surface area contributed by atoms with E-state index < -0.39 is 5.97 Å². The van der Waals surface area contributed by atoms with Gasteiger partial charge in [-0.2, -0.15) is 0 Å². The summed E-state index contributed by atoms with van der Waals surface area (Å²) in [6.45, 7) is -0.0625. The minimum atomic E-state index is -1.09. The summed E-state index contributed by atoms with van der Waals surface area (Å²) in [5.41, 5.74) is 0.507. The van der Waals surface area contributed by atoms with Gasteiger partial charge in [-0.05, 0) is 24.3 Å². The van der Waals surface area contributed by atoms with Crippen LogP contribution in [0.15, 0.2) is 36.5 Å². The number of nitrogens with zero attached hydrogens (tertiary/aromatic N) is 1. The summed E-state index contributed by atoms with van der Waals surface area (Å²) in [4.78, 5) is 15.3. The average Bonchev–Trinajstić information content (AvgIpc) is 2.48. The van der Waals surface area contributed by atoms with E-state index in [0.29, 0.717) is 16.5 Å². The minimum absolute atomic E-state index is 0.0333. The highest BCUT2D eigenvalue weighted by Gasteiger charge is 2.16. The van der Waals surface area contributed by atoms with Gasteiger partial charge >= 0.3 is 5.97 Å². The number of ether oxygens (including phenoxy) is 2. The summed E-state index contributed by atoms with van der Waals surface area (Å²) in [6, 6.07) is 8.10. The lowest BCUT2D eigenvalue weighted by Gasteiger charge is -2.14. The predicted octanol–water partition coefficient (Wildman–Crippen LogP) is 3.16. The molecule has 0 saturated heterocycles. The number of carboxylic acid groups (broad SMARTS) is 1. The Morgan fingerprint density at radius 1 is 1.38 bits per heavy atom. The number of methoxy groups -OCH3 is 1. The molecule has 0 aliphatic carbocycles. The van der Waals surface area contributed by atoms with E-state index >= 15 is 0 Å². The Balaban J connectivity index is 2.34. The number of aromatic nitrogens is 1. The molecule has 6 nitrogen and oxygen atoms in total. The van der Waals surface area contributed by atoms with Crippen LogP contribution < -0.4 is 10.1 Å². The molecule has 0 aliphatic heterocycles. The van der Waals surface area contributed by atoms with Gasteiger partial charge in [-0.1, -0.05) is 17.7 Å². The second-order valence-corrected chi connectivity index (χ2v) is 4.46. The Hall–Kier alpha value is -2.31. The maximum atomic E-state index is 11.3. The number of carboxylic acids is 1. The lowest BCUT2D eigenvalue weighted by Crippen LogP contribution is -2.08. The van der Waals surface area contributed by atoms with Crippen LogP contribution in [0, 0.1) is 0 Å². The lowest BCUT2D eigenvalue weighted by molar-refractivity contribution is 0.0488. The summed E-state index contributed by atoms with van der Waals surface area (Å²) >= 11 is 5.77. The van der Waals surface area contributed by atoms with Gasteiger partial charge in [0.25, 0.3) is 0 Å². The van der Waals surface area contributed by atoms with Gasteiger partial charge in [0.1, 0.15) is 11.4 Å². The second-order valence-electron chi connectivity index (χ2n) is 4.02. The Labute approximate surface area is 126 Å². The highest BCUT2D eigenvalue weighted by molar-refractivity contribution is 6.30. The van der Waals surface area contributed by atoms with E-state index in [2.05, 4.69) is 10.3 Å². The first-order chi connectivity index (χ1) is 10.1. The first-order valence-electron chi connectivity index (χ1n) is 5.98. The van der Waals surface area contributed by atoms with Crippen LogP contribution in [0.25, 0.3) is 0 Å². The van der Waals surface area contributed by atoms with Crippen molar-refractivity contribution in [3.05, 3.63) is 47.1 Å². The first kappa shape index (κ1) is 15.1. The van der Waals surface area contributed by atoms with Crippen LogP contribution in [0.2, 0.25) is 5.02 Å². The largest absolute Gasteiger partial charge is 0.478 e. The van der Waals surface area contributed by atoms with Crippen LogP contribution in [0.1, 0.15) is 10.4 Å². The maximum absolute atomic E-state index is 11.3. The zero-order valence-electron chi connectivity index (χ0n) is 11.2. The molecule has 0 fully saturated rings. The Kier molecular flexibility index (Phi) is 4.97. The molecule has 2 rings (SSSR count). The molecule has 2 aromatic rings. The quantitative estimate of drug-likeness (QED) is 0.798. The molecule has 0 radical (unpaired) electrons. The summed E-state index contributed by atoms with van der Waals surface area (Å²) in [6.07, 6.45) is 1.49. The molecule has 1 aromatic carbocycles. The van der Waals surface area contributed by atoms with Crippen molar-refractivity contribution in [2.75, 3.05) is 19.2 Å². The Bertz CT molecular complexity index is 631. The third kappa shape index (κ3) is 3.84. The smallest absolute Gasteiger partial charge is 0.339 e. The zero-order chi connectivity index (χ0) is 15.2. The van der Waals surface area contributed by atoms with Gasteiger partial charge in [0.2, 0.25) is 0 Å². The lowest BCUT2D eigenvalue weighted by atomic mass is 10.1. The molecule has 7 heteroatoms. The van der Waals surface area contributed by atoms with Crippen LogP contribution in [-0.2, 0) is 4.74 Å². The molecule has 0 atom stereocenters. The van der Waals surface area contributed by atoms with Crippen molar-refractivity contribution in [1.82, 2.24) is 4.98 Å². The maximum Gasteiger partial charge on any atom is 0.339 e. The number of hydrogen-bond acceptors (Lipinski definition) is 5. The van der Waals surface area contributed by atoms with E-state index in [-0.39, 0.29) is 18.1 Å². The molecule has 0 aliphatic rings. The van der Waals surface area contributed by atoms with E-state index in [1.54, 1.807) is 24.3 Å². The summed E-state index contributed by atoms with van der Waals surface area (Å²) in [5, 5.41) is 12.7. The molecule has 110 valence electrons. The van der Waals surface area contributed by atoms with Crippen molar-refractivity contribution >= 4 is 29.1 Å². The van der Waals surface area contributed by atoms with Crippen molar-refractivity contribution in [1.29, 1.82) is 0 Å². The fraction of sp³-hybridized carbons (Fsp3) is 0.143. The number of nitrogens with one attached hydrogen (secondary N) is 1. The zero-order valence-corrected chi connectivity index (χ0v) is 11.9. The molecule has 1 heterocycles. The van der Waals surface area contributed by atoms with Gasteiger partial charge in [0.05, 0.1) is 10.7 Å². The highest BCUT2D eigenvalue weighted by Crippen LogP contribution is 2.31. The number of carbonyl (C=O) groups is 1. The summed E-state index contributed by atoms with van der Waals surface area (Å²) < 4.78 is 10.2. The van der Waals surface area contributed by atoms with Crippen LogP contribution in [0.5, 0.6) is 5.75 Å². The number of para-hydroxylation sites is 1. The molecule has 0 bridgehead atoms. The third-order valence-corrected chi connectivity index (χ3v) is 2.78. The van der Waals surface area contributed by atoms with Crippen molar-refractivity contribution in [3.8, 4) is 5.75 Å². The molecule has 0 unspecified atom stereocenters. The van der Waals surface area contributed by atoms with Crippen LogP contribution in [0.3, 0.4) is 0 Å². The normalized spacial score (nSPS) is 10.2. The van der Waals surface area contributed by atoms with E-state index in [1.807, 2.05) is 0 Å². The molecule has 0 amide bonds. The summed E-state index contributed by atoms with van der Waals surface area (Å²) in [7, 11) is 1.46. The highest BCUT2D eigenvalue weighted by atomic mass is 35.5. The first-order valence-corrected chi connectivity index (χ1v) is 6.36. The van der Waals surface area contributed by atoms with Gasteiger partial charge in [0.15, 0.2) is 12.5 Å². The predicted molar refractivity (Wildman–Crippen MR) is 78.4 cm³/mol. The molecule has 1 aromatic heterocycles. The molecule has 2 N–H and O–H groups in total. The van der Waals surface area contributed by atoms with E-state index in [1.165, 1.54) is 19.4 Å². The third-order valence-electron chi connectivity index (χ3n) is 2.56. The van der Waals surface area contributed by atoms with Crippen LogP contribution >= 0.6 is 11.6 Å². The van der Waals surface area contributed by atoms with Gasteiger partial charge in [-0.15, -0.1) is 0 Å². The average molecular weight is 309 g/mol. The second kappa shape index (κ2) is 6.92. The number of pyridine rings is 1. The topological polar surface area (TPSA) is 80.7 Å². The van der Waals surface area contributed by atoms with Crippen molar-refractivity contribution in [2.45, 2.75) is 0 Å². The van der Waals surface area contributed by atoms with Crippen molar-refractivity contribution < 1.29 is 19.4 Å². The van der Waals surface area contributed by atoms with E-state index in [0.717, 1.165) is 0 Å². The van der Waals surface area contributed by atoms with Gasteiger partial charge in [-0.3, -0.25) is 0 Å². The number of rotatable bonds is 6. The van der Waals surface area contributed by atoms with E-state index in [4.69, 9.17) is 21.1 Å². The molecule has 21 heavy (non-hydrogen) atoms. The van der Waals surface area contributed by atoms with Crippen LogP contribution in [0.4, 0.5) is 11.5 Å². The number of halogens is 1. The molecular weight excluding hydrogens is 296 g/mol. The number of anilines is 2. The van der Waals surface area contributed by atoms with Gasteiger partial charge < -0.3 is 19.9 Å². The fourth-order valence-corrected chi connectivity index (χ4v) is 1.78. The fourth-order valence-electron chi connectivity index (χ4n) is 1.66. The molecule has 0 saturated carbocycles. The SMILES string of the molecule is COCOc1c(Nc2ccc(Cl)cn2)cccc1C(=O)O. The Morgan fingerprint density at radius 2 is 2.19 bits per heavy atom. The summed E-state index contributed by atoms with van der Waals surface area (Å²) in [5.74, 6) is -0.387. The van der Waals surface area contributed by atoms with Crippen molar-refractivity contribution in [2.24, 2.45) is 0 Å². The number of hydrogen-bond donors (Lipinski definition) is 2. The molecule has 0 spiro atoms. The van der Waals surface area contributed by atoms with Crippen molar-refractivity contribution in [3.63, 3.8) is 0 Å².